The molecule has 1 aliphatic heterocycles. The minimum Gasteiger partial charge on any atom is -0.338 e. The highest BCUT2D eigenvalue weighted by molar-refractivity contribution is 6.30. The van der Waals surface area contributed by atoms with Gasteiger partial charge in [0.2, 0.25) is 0 Å². The maximum atomic E-state index is 14.3. The number of likely N-dealkylation sites (tertiary alicyclic amines) is 1. The summed E-state index contributed by atoms with van der Waals surface area (Å²) in [6, 6.07) is 20.1. The number of aromatic nitrogens is 2. The monoisotopic (exact) mass is 603 g/mol. The van der Waals surface area contributed by atoms with Crippen molar-refractivity contribution in [2.75, 3.05) is 19.6 Å². The molecule has 0 bridgehead atoms. The molecule has 10 heteroatoms. The lowest BCUT2D eigenvalue weighted by Gasteiger charge is -2.38. The lowest BCUT2D eigenvalue weighted by atomic mass is 10.00. The summed E-state index contributed by atoms with van der Waals surface area (Å²) >= 11 is 6.08. The van der Waals surface area contributed by atoms with Crippen molar-refractivity contribution < 1.29 is 13.6 Å². The summed E-state index contributed by atoms with van der Waals surface area (Å²) in [4.78, 5) is 30.5. The second-order valence-electron chi connectivity index (χ2n) is 10.8. The van der Waals surface area contributed by atoms with Crippen LogP contribution in [0.25, 0.3) is 5.69 Å². The molecule has 1 fully saturated rings. The Balaban J connectivity index is 1.38. The highest BCUT2D eigenvalue weighted by Crippen LogP contribution is 2.24. The maximum Gasteiger partial charge on any atom is 0.276 e. The van der Waals surface area contributed by atoms with Crippen LogP contribution in [0, 0.1) is 29.9 Å². The van der Waals surface area contributed by atoms with E-state index < -0.39 is 23.1 Å². The predicted molar refractivity (Wildman–Crippen MR) is 161 cm³/mol. The van der Waals surface area contributed by atoms with Gasteiger partial charge in [-0.15, -0.1) is 0 Å². The van der Waals surface area contributed by atoms with Gasteiger partial charge in [-0.3, -0.25) is 19.2 Å². The second kappa shape index (κ2) is 12.9. The Kier molecular flexibility index (Phi) is 9.09. The van der Waals surface area contributed by atoms with Crippen molar-refractivity contribution >= 4 is 17.5 Å². The third kappa shape index (κ3) is 6.41. The van der Waals surface area contributed by atoms with Gasteiger partial charge in [0.15, 0.2) is 0 Å². The van der Waals surface area contributed by atoms with E-state index in [2.05, 4.69) is 11.0 Å². The topological polar surface area (TPSA) is 74.3 Å². The first-order chi connectivity index (χ1) is 20.7. The summed E-state index contributed by atoms with van der Waals surface area (Å²) in [6.45, 7) is 3.66. The van der Waals surface area contributed by atoms with Crippen LogP contribution in [-0.2, 0) is 20.0 Å². The van der Waals surface area contributed by atoms with E-state index in [9.17, 15) is 18.4 Å². The quantitative estimate of drug-likeness (QED) is 0.261. The fourth-order valence-corrected chi connectivity index (χ4v) is 5.85. The molecular formula is C33H32ClF2N5O2. The lowest BCUT2D eigenvalue weighted by Crippen LogP contribution is -2.47. The van der Waals surface area contributed by atoms with E-state index in [0.717, 1.165) is 29.8 Å². The van der Waals surface area contributed by atoms with Gasteiger partial charge in [0.05, 0.1) is 22.9 Å². The van der Waals surface area contributed by atoms with Crippen LogP contribution in [-0.4, -0.2) is 50.7 Å². The first-order valence-corrected chi connectivity index (χ1v) is 14.6. The predicted octanol–water partition coefficient (Wildman–Crippen LogP) is 5.64. The highest BCUT2D eigenvalue weighted by atomic mass is 35.5. The Labute approximate surface area is 254 Å². The molecule has 222 valence electrons. The number of carbonyl (C=O) groups is 1. The number of nitrogens with zero attached hydrogens (tertiary/aromatic N) is 5. The molecule has 0 saturated carbocycles. The lowest BCUT2D eigenvalue weighted by molar-refractivity contribution is 0.0599. The summed E-state index contributed by atoms with van der Waals surface area (Å²) in [6.07, 6.45) is 1.92. The SMILES string of the molecule is Cc1c(CN(CCc2ccc(Cl)cc2)C2CCN(C(=O)c3c(F)cccc3F)CC2)c(=O)n(-c2ccc(C#N)cc2)n1C. The van der Waals surface area contributed by atoms with Crippen LogP contribution < -0.4 is 5.56 Å². The molecule has 0 aliphatic carbocycles. The first-order valence-electron chi connectivity index (χ1n) is 14.2. The van der Waals surface area contributed by atoms with Crippen molar-refractivity contribution in [3.63, 3.8) is 0 Å². The maximum absolute atomic E-state index is 14.3. The molecule has 2 heterocycles. The van der Waals surface area contributed by atoms with Crippen LogP contribution in [0.4, 0.5) is 8.78 Å². The molecule has 1 aliphatic rings. The molecule has 5 rings (SSSR count). The number of hydrogen-bond acceptors (Lipinski definition) is 4. The van der Waals surface area contributed by atoms with E-state index in [1.54, 1.807) is 28.9 Å². The number of halogens is 3. The number of nitriles is 1. The molecule has 1 aromatic heterocycles. The van der Waals surface area contributed by atoms with Crippen LogP contribution in [0.3, 0.4) is 0 Å². The first kappa shape index (κ1) is 30.2. The average Bonchev–Trinajstić information content (AvgIpc) is 3.22. The number of benzene rings is 3. The Hall–Kier alpha value is -4.26. The van der Waals surface area contributed by atoms with E-state index in [1.807, 2.05) is 42.9 Å². The molecule has 0 radical (unpaired) electrons. The zero-order valence-corrected chi connectivity index (χ0v) is 24.8. The number of rotatable bonds is 8. The summed E-state index contributed by atoms with van der Waals surface area (Å²) in [5.74, 6) is -2.38. The molecule has 0 atom stereocenters. The van der Waals surface area contributed by atoms with E-state index in [1.165, 1.54) is 11.0 Å². The fraction of sp³-hybridized carbons (Fsp3) is 0.303. The molecule has 3 aromatic carbocycles. The Morgan fingerprint density at radius 2 is 1.65 bits per heavy atom. The molecule has 43 heavy (non-hydrogen) atoms. The third-order valence-electron chi connectivity index (χ3n) is 8.32. The van der Waals surface area contributed by atoms with Crippen molar-refractivity contribution in [2.45, 2.75) is 38.8 Å². The molecule has 1 amide bonds. The molecule has 4 aromatic rings. The van der Waals surface area contributed by atoms with Crippen molar-refractivity contribution in [1.29, 1.82) is 5.26 Å². The normalized spacial score (nSPS) is 13.8. The van der Waals surface area contributed by atoms with Crippen LogP contribution in [0.5, 0.6) is 0 Å². The van der Waals surface area contributed by atoms with Crippen LogP contribution in [0.15, 0.2) is 71.5 Å². The summed E-state index contributed by atoms with van der Waals surface area (Å²) < 4.78 is 32.0. The van der Waals surface area contributed by atoms with Gasteiger partial charge in [0.25, 0.3) is 11.5 Å². The van der Waals surface area contributed by atoms with Gasteiger partial charge < -0.3 is 4.90 Å². The number of hydrogen-bond donors (Lipinski definition) is 0. The van der Waals surface area contributed by atoms with E-state index >= 15 is 0 Å². The van der Waals surface area contributed by atoms with Gasteiger partial charge in [-0.1, -0.05) is 29.8 Å². The summed E-state index contributed by atoms with van der Waals surface area (Å²) in [7, 11) is 1.84. The Morgan fingerprint density at radius 3 is 2.26 bits per heavy atom. The molecule has 1 saturated heterocycles. The average molecular weight is 604 g/mol. The largest absolute Gasteiger partial charge is 0.338 e. The van der Waals surface area contributed by atoms with Crippen LogP contribution in [0.1, 0.15) is 45.6 Å². The van der Waals surface area contributed by atoms with Crippen molar-refractivity contribution in [3.05, 3.63) is 122 Å². The van der Waals surface area contributed by atoms with Gasteiger partial charge in [-0.25, -0.2) is 13.5 Å². The van der Waals surface area contributed by atoms with Crippen LogP contribution >= 0.6 is 11.6 Å². The van der Waals surface area contributed by atoms with Crippen molar-refractivity contribution in [2.24, 2.45) is 7.05 Å². The third-order valence-corrected chi connectivity index (χ3v) is 8.57. The molecular weight excluding hydrogens is 572 g/mol. The summed E-state index contributed by atoms with van der Waals surface area (Å²) in [5, 5.41) is 9.82. The molecule has 0 spiro atoms. The Morgan fingerprint density at radius 1 is 1.02 bits per heavy atom. The standard InChI is InChI=1S/C33H32ClF2N5O2/c1-22-28(32(42)41(38(22)2)27-12-8-24(20-37)9-13-27)21-40(17-14-23-6-10-25(34)11-7-23)26-15-18-39(19-16-26)33(43)31-29(35)4-3-5-30(31)36/h3-13,26H,14-19,21H2,1-2H3. The zero-order valence-electron chi connectivity index (χ0n) is 24.1. The zero-order chi connectivity index (χ0) is 30.7. The van der Waals surface area contributed by atoms with E-state index in [0.29, 0.717) is 60.9 Å². The van der Waals surface area contributed by atoms with Crippen molar-refractivity contribution in [3.8, 4) is 11.8 Å². The van der Waals surface area contributed by atoms with E-state index in [4.69, 9.17) is 16.9 Å². The van der Waals surface area contributed by atoms with Gasteiger partial charge in [-0.2, -0.15) is 5.26 Å². The fourth-order valence-electron chi connectivity index (χ4n) is 5.73. The second-order valence-corrected chi connectivity index (χ2v) is 11.3. The van der Waals surface area contributed by atoms with Gasteiger partial charge in [0.1, 0.15) is 17.2 Å². The molecule has 7 nitrogen and oxygen atoms in total. The summed E-state index contributed by atoms with van der Waals surface area (Å²) in [5.41, 5.74) is 3.12. The van der Waals surface area contributed by atoms with E-state index in [-0.39, 0.29) is 11.6 Å². The highest BCUT2D eigenvalue weighted by Gasteiger charge is 2.31. The minimum absolute atomic E-state index is 0.0455. The van der Waals surface area contributed by atoms with Gasteiger partial charge in [0, 0.05) is 50.0 Å². The van der Waals surface area contributed by atoms with Gasteiger partial charge in [-0.05, 0) is 80.3 Å². The molecule has 0 unspecified atom stereocenters. The number of carbonyl (C=O) groups excluding carboxylic acids is 1. The number of amides is 1. The minimum atomic E-state index is -0.866. The van der Waals surface area contributed by atoms with Crippen LogP contribution in [0.2, 0.25) is 5.02 Å². The van der Waals surface area contributed by atoms with Gasteiger partial charge >= 0.3 is 0 Å². The smallest absolute Gasteiger partial charge is 0.276 e. The number of piperidine rings is 1. The van der Waals surface area contributed by atoms with Crippen molar-refractivity contribution in [1.82, 2.24) is 19.2 Å². The molecule has 0 N–H and O–H groups in total. The Bertz CT molecular complexity index is 1700.